The summed E-state index contributed by atoms with van der Waals surface area (Å²) in [6, 6.07) is 10.1. The van der Waals surface area contributed by atoms with Crippen LogP contribution in [0.3, 0.4) is 0 Å². The average molecular weight is 402 g/mol. The molecule has 0 atom stereocenters. The molecule has 0 aliphatic heterocycles. The summed E-state index contributed by atoms with van der Waals surface area (Å²) >= 11 is 2.98. The van der Waals surface area contributed by atoms with Gasteiger partial charge in [-0.1, -0.05) is 35.2 Å². The van der Waals surface area contributed by atoms with Gasteiger partial charge in [0.15, 0.2) is 10.1 Å². The van der Waals surface area contributed by atoms with Crippen molar-refractivity contribution >= 4 is 28.9 Å². The van der Waals surface area contributed by atoms with Crippen molar-refractivity contribution < 1.29 is 9.53 Å². The van der Waals surface area contributed by atoms with E-state index < -0.39 is 0 Å². The zero-order chi connectivity index (χ0) is 19.4. The summed E-state index contributed by atoms with van der Waals surface area (Å²) in [5.74, 6) is 1.39. The van der Waals surface area contributed by atoms with Crippen LogP contribution in [0.25, 0.3) is 0 Å². The zero-order valence-corrected chi connectivity index (χ0v) is 17.6. The number of Topliss-reactive ketones (excluding diaryl/α,β-unsaturated/α-hetero) is 1. The summed E-state index contributed by atoms with van der Waals surface area (Å²) < 4.78 is 8.27. The number of thioether (sulfide) groups is 1. The molecule has 0 saturated carbocycles. The third-order valence-electron chi connectivity index (χ3n) is 4.49. The molecule has 2 heterocycles. The SMILES string of the molecule is COc1ccc(CCn2c(C)cc(C(=O)CSc3nnc(C)s3)c2C)cc1. The van der Waals surface area contributed by atoms with E-state index in [1.54, 1.807) is 7.11 Å². The second-order valence-corrected chi connectivity index (χ2v) is 8.74. The molecule has 0 aliphatic rings. The van der Waals surface area contributed by atoms with Crippen LogP contribution >= 0.6 is 23.1 Å². The third kappa shape index (κ3) is 4.78. The number of nitrogens with zero attached hydrogens (tertiary/aromatic N) is 3. The van der Waals surface area contributed by atoms with Gasteiger partial charge in [0.1, 0.15) is 10.8 Å². The summed E-state index contributed by atoms with van der Waals surface area (Å²) in [7, 11) is 1.67. The van der Waals surface area contributed by atoms with Crippen LogP contribution in [0.5, 0.6) is 5.75 Å². The van der Waals surface area contributed by atoms with Crippen molar-refractivity contribution in [1.82, 2.24) is 14.8 Å². The van der Waals surface area contributed by atoms with Gasteiger partial charge in [-0.05, 0) is 51.0 Å². The molecule has 0 unspecified atom stereocenters. The fourth-order valence-corrected chi connectivity index (χ4v) is 4.70. The van der Waals surface area contributed by atoms with Gasteiger partial charge in [0, 0.05) is 23.5 Å². The summed E-state index contributed by atoms with van der Waals surface area (Å²) in [5.41, 5.74) is 4.19. The Balaban J connectivity index is 1.65. The number of methoxy groups -OCH3 is 1. The maximum Gasteiger partial charge on any atom is 0.174 e. The zero-order valence-electron chi connectivity index (χ0n) is 16.0. The Hall–Kier alpha value is -2.12. The largest absolute Gasteiger partial charge is 0.497 e. The first-order chi connectivity index (χ1) is 13.0. The first-order valence-corrected chi connectivity index (χ1v) is 10.5. The van der Waals surface area contributed by atoms with E-state index in [-0.39, 0.29) is 5.78 Å². The molecule has 0 aliphatic carbocycles. The molecule has 2 aromatic heterocycles. The van der Waals surface area contributed by atoms with Crippen molar-refractivity contribution in [2.45, 2.75) is 38.1 Å². The highest BCUT2D eigenvalue weighted by molar-refractivity contribution is 8.01. The van der Waals surface area contributed by atoms with Gasteiger partial charge >= 0.3 is 0 Å². The lowest BCUT2D eigenvalue weighted by Gasteiger charge is -2.10. The van der Waals surface area contributed by atoms with Gasteiger partial charge in [0.25, 0.3) is 0 Å². The lowest BCUT2D eigenvalue weighted by atomic mass is 10.1. The molecule has 0 N–H and O–H groups in total. The summed E-state index contributed by atoms with van der Waals surface area (Å²) in [4.78, 5) is 12.7. The van der Waals surface area contributed by atoms with Gasteiger partial charge in [0.05, 0.1) is 12.9 Å². The molecule has 0 amide bonds. The van der Waals surface area contributed by atoms with Crippen LogP contribution < -0.4 is 4.74 Å². The second kappa shape index (κ2) is 8.71. The molecule has 1 aromatic carbocycles. The molecular formula is C20H23N3O2S2. The van der Waals surface area contributed by atoms with Gasteiger partial charge in [-0.2, -0.15) is 0 Å². The van der Waals surface area contributed by atoms with Crippen molar-refractivity contribution in [3.05, 3.63) is 57.9 Å². The van der Waals surface area contributed by atoms with Crippen LogP contribution in [-0.2, 0) is 13.0 Å². The molecule has 3 aromatic rings. The molecule has 27 heavy (non-hydrogen) atoms. The Morgan fingerprint density at radius 2 is 1.93 bits per heavy atom. The molecule has 5 nitrogen and oxygen atoms in total. The molecule has 0 bridgehead atoms. The van der Waals surface area contributed by atoms with Crippen LogP contribution in [0, 0.1) is 20.8 Å². The Kier molecular flexibility index (Phi) is 6.34. The molecule has 142 valence electrons. The number of hydrogen-bond acceptors (Lipinski definition) is 6. The minimum atomic E-state index is 0.136. The highest BCUT2D eigenvalue weighted by atomic mass is 32.2. The van der Waals surface area contributed by atoms with Crippen LogP contribution in [0.4, 0.5) is 0 Å². The van der Waals surface area contributed by atoms with Crippen LogP contribution in [0.1, 0.15) is 32.3 Å². The van der Waals surface area contributed by atoms with Gasteiger partial charge in [-0.3, -0.25) is 4.79 Å². The number of benzene rings is 1. The molecule has 0 radical (unpaired) electrons. The number of hydrogen-bond donors (Lipinski definition) is 0. The smallest absolute Gasteiger partial charge is 0.174 e. The third-order valence-corrected chi connectivity index (χ3v) is 6.46. The van der Waals surface area contributed by atoms with E-state index in [9.17, 15) is 4.79 Å². The highest BCUT2D eigenvalue weighted by Gasteiger charge is 2.16. The minimum Gasteiger partial charge on any atom is -0.497 e. The lowest BCUT2D eigenvalue weighted by molar-refractivity contribution is 0.102. The summed E-state index contributed by atoms with van der Waals surface area (Å²) in [6.45, 7) is 6.84. The van der Waals surface area contributed by atoms with Gasteiger partial charge in [-0.15, -0.1) is 10.2 Å². The quantitative estimate of drug-likeness (QED) is 0.411. The van der Waals surface area contributed by atoms with Crippen LogP contribution in [-0.4, -0.2) is 33.4 Å². The van der Waals surface area contributed by atoms with Gasteiger partial charge in [0.2, 0.25) is 0 Å². The molecule has 7 heteroatoms. The normalized spacial score (nSPS) is 11.0. The van der Waals surface area contributed by atoms with Gasteiger partial charge < -0.3 is 9.30 Å². The maximum absolute atomic E-state index is 12.7. The number of carbonyl (C=O) groups is 1. The minimum absolute atomic E-state index is 0.136. The van der Waals surface area contributed by atoms with Gasteiger partial charge in [-0.25, -0.2) is 0 Å². The van der Waals surface area contributed by atoms with E-state index in [1.807, 2.05) is 32.0 Å². The number of aryl methyl sites for hydroxylation is 3. The standard InChI is InChI=1S/C20H23N3O2S2/c1-13-11-18(19(24)12-26-20-22-21-15(3)27-20)14(2)23(13)10-9-16-5-7-17(25-4)8-6-16/h5-8,11H,9-10,12H2,1-4H3. The van der Waals surface area contributed by atoms with E-state index in [0.717, 1.165) is 45.0 Å². The Morgan fingerprint density at radius 3 is 2.56 bits per heavy atom. The molecule has 0 fully saturated rings. The molecule has 0 saturated heterocycles. The second-order valence-electron chi connectivity index (χ2n) is 6.33. The van der Waals surface area contributed by atoms with Crippen LogP contribution in [0.2, 0.25) is 0 Å². The van der Waals surface area contributed by atoms with Crippen molar-refractivity contribution in [1.29, 1.82) is 0 Å². The number of ether oxygens (including phenoxy) is 1. The van der Waals surface area contributed by atoms with Crippen molar-refractivity contribution in [2.24, 2.45) is 0 Å². The average Bonchev–Trinajstić information content (AvgIpc) is 3.21. The van der Waals surface area contributed by atoms with Crippen LogP contribution in [0.15, 0.2) is 34.7 Å². The van der Waals surface area contributed by atoms with Crippen molar-refractivity contribution in [2.75, 3.05) is 12.9 Å². The van der Waals surface area contributed by atoms with Crippen molar-refractivity contribution in [3.63, 3.8) is 0 Å². The summed E-state index contributed by atoms with van der Waals surface area (Å²) in [5, 5.41) is 8.98. The molecule has 0 spiro atoms. The lowest BCUT2D eigenvalue weighted by Crippen LogP contribution is -2.08. The predicted molar refractivity (Wildman–Crippen MR) is 110 cm³/mol. The maximum atomic E-state index is 12.7. The first-order valence-electron chi connectivity index (χ1n) is 8.73. The van der Waals surface area contributed by atoms with E-state index in [2.05, 4.69) is 33.8 Å². The number of ketones is 1. The van der Waals surface area contributed by atoms with E-state index in [0.29, 0.717) is 5.75 Å². The predicted octanol–water partition coefficient (Wildman–Crippen LogP) is 4.49. The Bertz CT molecular complexity index is 929. The molecule has 3 rings (SSSR count). The van der Waals surface area contributed by atoms with E-state index in [1.165, 1.54) is 28.7 Å². The first kappa shape index (κ1) is 19.6. The number of rotatable bonds is 8. The van der Waals surface area contributed by atoms with E-state index in [4.69, 9.17) is 4.74 Å². The Morgan fingerprint density at radius 1 is 1.19 bits per heavy atom. The van der Waals surface area contributed by atoms with Crippen molar-refractivity contribution in [3.8, 4) is 5.75 Å². The monoisotopic (exact) mass is 401 g/mol. The highest BCUT2D eigenvalue weighted by Crippen LogP contribution is 2.24. The topological polar surface area (TPSA) is 57.0 Å². The number of aromatic nitrogens is 3. The fraction of sp³-hybridized carbons (Fsp3) is 0.350. The fourth-order valence-electron chi connectivity index (χ4n) is 3.00. The summed E-state index contributed by atoms with van der Waals surface area (Å²) in [6.07, 6.45) is 0.910. The van der Waals surface area contributed by atoms with E-state index >= 15 is 0 Å². The number of carbonyl (C=O) groups excluding carboxylic acids is 1. The Labute approximate surface area is 167 Å². The molecular weight excluding hydrogens is 378 g/mol.